The molecule has 1 heterocycles. The number of aliphatic hydroxyl groups excluding tert-OH is 1. The highest BCUT2D eigenvalue weighted by atomic mass is 16.6. The number of nitro groups is 1. The average molecular weight is 356 g/mol. The van der Waals surface area contributed by atoms with E-state index in [1.54, 1.807) is 19.2 Å². The first-order valence-corrected chi connectivity index (χ1v) is 8.26. The largest absolute Gasteiger partial charge is 0.497 e. The number of aliphatic hydroxyl groups is 1. The van der Waals surface area contributed by atoms with Crippen LogP contribution in [0.3, 0.4) is 0 Å². The van der Waals surface area contributed by atoms with Crippen molar-refractivity contribution in [2.75, 3.05) is 38.7 Å². The molecule has 0 fully saturated rings. The summed E-state index contributed by atoms with van der Waals surface area (Å²) in [6.45, 7) is 1.70. The number of hydrogen-bond acceptors (Lipinski definition) is 7. The lowest BCUT2D eigenvalue weighted by Crippen LogP contribution is -2.25. The molecule has 0 amide bonds. The number of nitrogens with zero attached hydrogens (tertiary/aromatic N) is 2. The first-order valence-electron chi connectivity index (χ1n) is 8.26. The number of pyridine rings is 1. The maximum Gasteiger partial charge on any atom is 0.280 e. The summed E-state index contributed by atoms with van der Waals surface area (Å²) in [5.41, 5.74) is 1.94. The van der Waals surface area contributed by atoms with E-state index in [2.05, 4.69) is 15.6 Å². The van der Waals surface area contributed by atoms with E-state index in [0.29, 0.717) is 42.0 Å². The highest BCUT2D eigenvalue weighted by Crippen LogP contribution is 2.37. The van der Waals surface area contributed by atoms with Crippen molar-refractivity contribution in [1.82, 2.24) is 10.3 Å². The van der Waals surface area contributed by atoms with E-state index in [1.165, 1.54) is 6.07 Å². The molecule has 1 aromatic heterocycles. The van der Waals surface area contributed by atoms with Crippen LogP contribution in [-0.2, 0) is 0 Å². The molecule has 0 aliphatic heterocycles. The maximum atomic E-state index is 11.5. The van der Waals surface area contributed by atoms with Gasteiger partial charge in [0, 0.05) is 31.1 Å². The molecule has 0 aliphatic carbocycles. The minimum Gasteiger partial charge on any atom is -0.497 e. The van der Waals surface area contributed by atoms with Gasteiger partial charge in [-0.2, -0.15) is 0 Å². The summed E-state index contributed by atoms with van der Waals surface area (Å²) in [6.07, 6.45) is 0. The van der Waals surface area contributed by atoms with Gasteiger partial charge in [-0.05, 0) is 24.3 Å². The average Bonchev–Trinajstić information content (AvgIpc) is 2.66. The molecule has 0 saturated heterocycles. The van der Waals surface area contributed by atoms with Gasteiger partial charge in [0.15, 0.2) is 0 Å². The third-order valence-electron chi connectivity index (χ3n) is 4.07. The fourth-order valence-corrected chi connectivity index (χ4v) is 2.90. The number of nitro benzene ring substituents is 1. The number of aromatic nitrogens is 1. The third-order valence-corrected chi connectivity index (χ3v) is 4.07. The predicted octanol–water partition coefficient (Wildman–Crippen LogP) is 2.30. The Hall–Kier alpha value is -2.97. The topological polar surface area (TPSA) is 110 Å². The van der Waals surface area contributed by atoms with Gasteiger partial charge in [0.05, 0.1) is 35.4 Å². The quantitative estimate of drug-likeness (QED) is 0.246. The summed E-state index contributed by atoms with van der Waals surface area (Å²) >= 11 is 0. The zero-order chi connectivity index (χ0) is 18.5. The number of fused-ring (bicyclic) bond motifs is 2. The number of ether oxygens (including phenoxy) is 1. The zero-order valence-corrected chi connectivity index (χ0v) is 14.4. The molecule has 0 saturated carbocycles. The van der Waals surface area contributed by atoms with Crippen molar-refractivity contribution in [2.24, 2.45) is 0 Å². The van der Waals surface area contributed by atoms with Crippen LogP contribution in [0.4, 0.5) is 11.4 Å². The van der Waals surface area contributed by atoms with Crippen molar-refractivity contribution in [1.29, 1.82) is 0 Å². The van der Waals surface area contributed by atoms with Crippen LogP contribution in [0.1, 0.15) is 0 Å². The molecule has 0 radical (unpaired) electrons. The van der Waals surface area contributed by atoms with Gasteiger partial charge in [-0.15, -0.1) is 0 Å². The Morgan fingerprint density at radius 2 is 2.04 bits per heavy atom. The van der Waals surface area contributed by atoms with Crippen molar-refractivity contribution in [3.05, 3.63) is 46.5 Å². The van der Waals surface area contributed by atoms with E-state index >= 15 is 0 Å². The minimum atomic E-state index is -0.398. The second-order valence-corrected chi connectivity index (χ2v) is 5.70. The molecule has 3 N–H and O–H groups in total. The number of non-ortho nitro benzene ring substituents is 1. The number of rotatable bonds is 8. The summed E-state index contributed by atoms with van der Waals surface area (Å²) in [4.78, 5) is 15.7. The molecule has 2 aromatic carbocycles. The summed E-state index contributed by atoms with van der Waals surface area (Å²) in [5.74, 6) is 0.652. The Bertz CT molecular complexity index is 945. The smallest absolute Gasteiger partial charge is 0.280 e. The molecule has 0 atom stereocenters. The Kier molecular flexibility index (Phi) is 5.45. The molecule has 0 unspecified atom stereocenters. The molecule has 8 heteroatoms. The molecule has 136 valence electrons. The summed E-state index contributed by atoms with van der Waals surface area (Å²) < 4.78 is 5.30. The molecule has 3 rings (SSSR count). The van der Waals surface area contributed by atoms with Crippen LogP contribution in [0.15, 0.2) is 36.4 Å². The second kappa shape index (κ2) is 7.94. The normalized spacial score (nSPS) is 11.0. The molecule has 26 heavy (non-hydrogen) atoms. The number of methoxy groups -OCH3 is 1. The number of benzene rings is 2. The van der Waals surface area contributed by atoms with Gasteiger partial charge in [-0.25, -0.2) is 4.98 Å². The second-order valence-electron chi connectivity index (χ2n) is 5.70. The van der Waals surface area contributed by atoms with Gasteiger partial charge in [0.1, 0.15) is 11.1 Å². The van der Waals surface area contributed by atoms with Crippen LogP contribution < -0.4 is 15.4 Å². The highest BCUT2D eigenvalue weighted by molar-refractivity contribution is 6.11. The Morgan fingerprint density at radius 1 is 1.19 bits per heavy atom. The highest BCUT2D eigenvalue weighted by Gasteiger charge is 2.19. The van der Waals surface area contributed by atoms with Crippen LogP contribution in [-0.4, -0.2) is 48.4 Å². The minimum absolute atomic E-state index is 0.00513. The van der Waals surface area contributed by atoms with Crippen LogP contribution >= 0.6 is 0 Å². The standard InChI is InChI=1S/C18H20N4O4/c1-26-12-5-6-14-13(11-12)18(20-8-7-19-9-10-23)17-15(21-14)3-2-4-16(17)22(24)25/h2-6,11,19,23H,7-10H2,1H3,(H,20,21). The lowest BCUT2D eigenvalue weighted by atomic mass is 10.1. The Morgan fingerprint density at radius 3 is 2.77 bits per heavy atom. The van der Waals surface area contributed by atoms with Crippen molar-refractivity contribution < 1.29 is 14.8 Å². The van der Waals surface area contributed by atoms with E-state index in [4.69, 9.17) is 9.84 Å². The van der Waals surface area contributed by atoms with Crippen molar-refractivity contribution in [3.8, 4) is 5.75 Å². The Labute approximate surface area is 149 Å². The van der Waals surface area contributed by atoms with E-state index in [-0.39, 0.29) is 12.3 Å². The van der Waals surface area contributed by atoms with Crippen molar-refractivity contribution >= 4 is 33.2 Å². The fraction of sp³-hybridized carbons (Fsp3) is 0.278. The van der Waals surface area contributed by atoms with Crippen LogP contribution in [0, 0.1) is 10.1 Å². The maximum absolute atomic E-state index is 11.5. The van der Waals surface area contributed by atoms with E-state index in [1.807, 2.05) is 18.2 Å². The molecule has 0 aliphatic rings. The molecule has 3 aromatic rings. The zero-order valence-electron chi connectivity index (χ0n) is 14.4. The first kappa shape index (κ1) is 17.8. The van der Waals surface area contributed by atoms with Gasteiger partial charge in [0.2, 0.25) is 0 Å². The van der Waals surface area contributed by atoms with Gasteiger partial charge >= 0.3 is 0 Å². The lowest BCUT2D eigenvalue weighted by molar-refractivity contribution is -0.383. The molecular weight excluding hydrogens is 336 g/mol. The number of nitrogens with one attached hydrogen (secondary N) is 2. The van der Waals surface area contributed by atoms with Crippen LogP contribution in [0.25, 0.3) is 21.8 Å². The van der Waals surface area contributed by atoms with E-state index < -0.39 is 4.92 Å². The van der Waals surface area contributed by atoms with Gasteiger partial charge in [0.25, 0.3) is 5.69 Å². The molecular formula is C18H20N4O4. The third kappa shape index (κ3) is 3.51. The van der Waals surface area contributed by atoms with Crippen LogP contribution in [0.2, 0.25) is 0 Å². The number of anilines is 1. The van der Waals surface area contributed by atoms with Crippen molar-refractivity contribution in [3.63, 3.8) is 0 Å². The SMILES string of the molecule is COc1ccc2nc3cccc([N+](=O)[O-])c3c(NCCNCCO)c2c1. The number of hydrogen-bond donors (Lipinski definition) is 3. The monoisotopic (exact) mass is 356 g/mol. The lowest BCUT2D eigenvalue weighted by Gasteiger charge is -2.14. The van der Waals surface area contributed by atoms with E-state index in [0.717, 1.165) is 10.9 Å². The predicted molar refractivity (Wildman–Crippen MR) is 101 cm³/mol. The van der Waals surface area contributed by atoms with Gasteiger partial charge < -0.3 is 20.5 Å². The van der Waals surface area contributed by atoms with Gasteiger partial charge in [-0.3, -0.25) is 10.1 Å². The fourth-order valence-electron chi connectivity index (χ4n) is 2.90. The summed E-state index contributed by atoms with van der Waals surface area (Å²) in [5, 5.41) is 28.0. The van der Waals surface area contributed by atoms with Crippen molar-refractivity contribution in [2.45, 2.75) is 0 Å². The first-order chi connectivity index (χ1) is 12.7. The molecule has 0 bridgehead atoms. The molecule has 8 nitrogen and oxygen atoms in total. The summed E-state index contributed by atoms with van der Waals surface area (Å²) in [6, 6.07) is 10.3. The van der Waals surface area contributed by atoms with E-state index in [9.17, 15) is 10.1 Å². The van der Waals surface area contributed by atoms with Crippen LogP contribution in [0.5, 0.6) is 5.75 Å². The molecule has 0 spiro atoms. The Balaban J connectivity index is 2.16. The summed E-state index contributed by atoms with van der Waals surface area (Å²) in [7, 11) is 1.57. The van der Waals surface area contributed by atoms with Gasteiger partial charge in [-0.1, -0.05) is 6.07 Å².